The van der Waals surface area contributed by atoms with E-state index in [4.69, 9.17) is 27.9 Å². The highest BCUT2D eigenvalue weighted by atomic mass is 35.5. The molecule has 33 heavy (non-hydrogen) atoms. The van der Waals surface area contributed by atoms with E-state index in [-0.39, 0.29) is 11.9 Å². The highest BCUT2D eigenvalue weighted by Crippen LogP contribution is 2.35. The molecule has 0 aliphatic carbocycles. The first kappa shape index (κ1) is 25.3. The van der Waals surface area contributed by atoms with Gasteiger partial charge in [-0.05, 0) is 63.1 Å². The van der Waals surface area contributed by atoms with Crippen LogP contribution in [0, 0.1) is 6.92 Å². The highest BCUT2D eigenvalue weighted by molar-refractivity contribution is 7.87. The van der Waals surface area contributed by atoms with Gasteiger partial charge in [0.05, 0.1) is 39.5 Å². The maximum atomic E-state index is 13.0. The largest absolute Gasteiger partial charge is 0.468 e. The molecule has 2 unspecified atom stereocenters. The lowest BCUT2D eigenvalue weighted by Crippen LogP contribution is -2.37. The Hall–Kier alpha value is -2.35. The zero-order valence-electron chi connectivity index (χ0n) is 19.3. The monoisotopic (exact) mass is 508 g/mol. The van der Waals surface area contributed by atoms with Crippen LogP contribution in [0.1, 0.15) is 48.4 Å². The van der Waals surface area contributed by atoms with Gasteiger partial charge in [0, 0.05) is 17.3 Å². The number of benzene rings is 2. The molecule has 9 heteroatoms. The fraction of sp³-hybridized carbons (Fsp3) is 0.333. The van der Waals surface area contributed by atoms with E-state index in [1.807, 2.05) is 19.9 Å². The topological polar surface area (TPSA) is 77.4 Å². The highest BCUT2D eigenvalue weighted by Gasteiger charge is 2.36. The van der Waals surface area contributed by atoms with Crippen LogP contribution in [0.5, 0.6) is 0 Å². The Kier molecular flexibility index (Phi) is 7.27. The van der Waals surface area contributed by atoms with E-state index < -0.39 is 21.5 Å². The minimum absolute atomic E-state index is 0.259. The number of halogens is 2. The summed E-state index contributed by atoms with van der Waals surface area (Å²) in [5, 5.41) is 4.60. The third-order valence-corrected chi connectivity index (χ3v) is 8.49. The zero-order chi connectivity index (χ0) is 24.7. The second kappa shape index (κ2) is 9.49. The number of aryl methyl sites for hydroxylation is 2. The van der Waals surface area contributed by atoms with Gasteiger partial charge in [-0.2, -0.15) is 0 Å². The van der Waals surface area contributed by atoms with E-state index in [9.17, 15) is 13.8 Å². The molecule has 2 aromatic carbocycles. The molecule has 0 aliphatic rings. The first-order valence-corrected chi connectivity index (χ1v) is 12.2. The number of hydrogen-bond acceptors (Lipinski definition) is 4. The zero-order valence-corrected chi connectivity index (χ0v) is 21.6. The summed E-state index contributed by atoms with van der Waals surface area (Å²) in [7, 11) is 1.48. The van der Waals surface area contributed by atoms with Crippen molar-refractivity contribution in [2.24, 2.45) is 7.05 Å². The van der Waals surface area contributed by atoms with Crippen molar-refractivity contribution >= 4 is 56.8 Å². The van der Waals surface area contributed by atoms with Crippen molar-refractivity contribution in [3.8, 4) is 0 Å². The third-order valence-electron chi connectivity index (χ3n) is 5.72. The van der Waals surface area contributed by atoms with Gasteiger partial charge in [-0.15, -0.1) is 0 Å². The van der Waals surface area contributed by atoms with Crippen LogP contribution in [-0.2, 0) is 27.4 Å². The van der Waals surface area contributed by atoms with Crippen molar-refractivity contribution in [2.45, 2.75) is 43.4 Å². The number of methoxy groups -OCH3 is 1. The summed E-state index contributed by atoms with van der Waals surface area (Å²) in [5.74, 6) is -0.803. The molecule has 2 atom stereocenters. The predicted octanol–water partition coefficient (Wildman–Crippen LogP) is 5.34. The van der Waals surface area contributed by atoms with Crippen molar-refractivity contribution in [1.29, 1.82) is 0 Å². The molecule has 3 aromatic rings. The molecule has 0 aliphatic heterocycles. The molecular weight excluding hydrogens is 483 g/mol. The summed E-state index contributed by atoms with van der Waals surface area (Å²) in [5.41, 5.74) is 2.94. The number of fused-ring (bicyclic) bond motifs is 1. The van der Waals surface area contributed by atoms with Gasteiger partial charge in [0.2, 0.25) is 0 Å². The van der Waals surface area contributed by atoms with Gasteiger partial charge in [0.15, 0.2) is 0 Å². The number of rotatable bonds is 6. The lowest BCUT2D eigenvalue weighted by atomic mass is 10.1. The first-order chi connectivity index (χ1) is 15.4. The van der Waals surface area contributed by atoms with Crippen LogP contribution in [0.25, 0.3) is 10.9 Å². The van der Waals surface area contributed by atoms with Crippen LogP contribution in [0.4, 0.5) is 0 Å². The van der Waals surface area contributed by atoms with Gasteiger partial charge in [-0.3, -0.25) is 13.8 Å². The number of nitrogens with zero attached hydrogens (tertiary/aromatic N) is 1. The van der Waals surface area contributed by atoms with E-state index >= 15 is 0 Å². The summed E-state index contributed by atoms with van der Waals surface area (Å²) in [6.45, 7) is 6.89. The number of hydrogen-bond donors (Lipinski definition) is 1. The minimum atomic E-state index is -1.59. The Morgan fingerprint density at radius 3 is 2.30 bits per heavy atom. The number of esters is 1. The van der Waals surface area contributed by atoms with Crippen LogP contribution >= 0.6 is 23.2 Å². The van der Waals surface area contributed by atoms with E-state index in [1.54, 1.807) is 55.8 Å². The second-order valence-corrected chi connectivity index (χ2v) is 11.2. The maximum Gasteiger partial charge on any atom is 0.324 e. The van der Waals surface area contributed by atoms with Gasteiger partial charge < -0.3 is 14.6 Å². The van der Waals surface area contributed by atoms with Crippen LogP contribution in [0.15, 0.2) is 41.3 Å². The molecular formula is C24H26Cl2N2O4S. The molecule has 1 heterocycles. The number of nitrogens with one attached hydrogen (secondary N) is 1. The van der Waals surface area contributed by atoms with E-state index in [0.717, 1.165) is 16.6 Å². The van der Waals surface area contributed by atoms with Crippen LogP contribution in [0.2, 0.25) is 10.0 Å². The standard InChI is InChI=1S/C24H26Cl2N2O4S/c1-13-11-18-17(21(26)20(13)25)12-19(28(18)5)22(29)27-14(2)15-7-9-16(10-8-15)33(31)24(3,4)23(30)32-6/h7-12,14H,1-6H3,(H,27,29). The summed E-state index contributed by atoms with van der Waals surface area (Å²) in [6, 6.07) is 10.3. The third kappa shape index (κ3) is 4.67. The Bertz CT molecular complexity index is 1270. The van der Waals surface area contributed by atoms with Gasteiger partial charge in [0.25, 0.3) is 5.91 Å². The molecule has 0 saturated carbocycles. The smallest absolute Gasteiger partial charge is 0.324 e. The Morgan fingerprint density at radius 1 is 1.12 bits per heavy atom. The number of carbonyl (C=O) groups is 2. The van der Waals surface area contributed by atoms with Crippen LogP contribution in [0.3, 0.4) is 0 Å². The summed E-state index contributed by atoms with van der Waals surface area (Å²) in [4.78, 5) is 25.5. The quantitative estimate of drug-likeness (QED) is 0.455. The Labute approximate surface area is 205 Å². The van der Waals surface area contributed by atoms with Crippen LogP contribution < -0.4 is 5.32 Å². The lowest BCUT2D eigenvalue weighted by molar-refractivity contribution is -0.142. The Morgan fingerprint density at radius 2 is 1.73 bits per heavy atom. The molecule has 0 spiro atoms. The lowest BCUT2D eigenvalue weighted by Gasteiger charge is -2.21. The minimum Gasteiger partial charge on any atom is -0.468 e. The number of aromatic nitrogens is 1. The molecule has 1 amide bonds. The van der Waals surface area contributed by atoms with Gasteiger partial charge >= 0.3 is 5.97 Å². The molecule has 6 nitrogen and oxygen atoms in total. The number of carbonyl (C=O) groups excluding carboxylic acids is 2. The van der Waals surface area contributed by atoms with Gasteiger partial charge in [-0.1, -0.05) is 35.3 Å². The van der Waals surface area contributed by atoms with E-state index in [2.05, 4.69) is 5.32 Å². The van der Waals surface area contributed by atoms with Crippen LogP contribution in [-0.4, -0.2) is 32.5 Å². The van der Waals surface area contributed by atoms with Crippen molar-refractivity contribution in [3.63, 3.8) is 0 Å². The molecule has 0 saturated heterocycles. The summed E-state index contributed by atoms with van der Waals surface area (Å²) < 4.78 is 18.2. The van der Waals surface area contributed by atoms with Crippen molar-refractivity contribution in [2.75, 3.05) is 7.11 Å². The van der Waals surface area contributed by atoms with Crippen molar-refractivity contribution < 1.29 is 18.5 Å². The second-order valence-electron chi connectivity index (χ2n) is 8.38. The van der Waals surface area contributed by atoms with E-state index in [0.29, 0.717) is 26.0 Å². The summed E-state index contributed by atoms with van der Waals surface area (Å²) >= 11 is 12.7. The molecule has 0 radical (unpaired) electrons. The number of amides is 1. The molecule has 176 valence electrons. The van der Waals surface area contributed by atoms with Gasteiger partial charge in [-0.25, -0.2) is 0 Å². The van der Waals surface area contributed by atoms with Crippen molar-refractivity contribution in [3.05, 3.63) is 63.3 Å². The first-order valence-electron chi connectivity index (χ1n) is 10.2. The normalized spacial score (nSPS) is 13.6. The molecule has 1 N–H and O–H groups in total. The average molecular weight is 509 g/mol. The SMILES string of the molecule is COC(=O)C(C)(C)S(=O)c1ccc(C(C)NC(=O)c2cc3c(Cl)c(Cl)c(C)cc3n2C)cc1. The van der Waals surface area contributed by atoms with E-state index in [1.165, 1.54) is 7.11 Å². The molecule has 0 bridgehead atoms. The van der Waals surface area contributed by atoms with Gasteiger partial charge in [0.1, 0.15) is 10.4 Å². The maximum absolute atomic E-state index is 13.0. The predicted molar refractivity (Wildman–Crippen MR) is 133 cm³/mol. The van der Waals surface area contributed by atoms with Crippen molar-refractivity contribution in [1.82, 2.24) is 9.88 Å². The molecule has 3 rings (SSSR count). The fourth-order valence-corrected chi connectivity index (χ4v) is 5.26. The average Bonchev–Trinajstić information content (AvgIpc) is 3.12. The molecule has 0 fully saturated rings. The summed E-state index contributed by atoms with van der Waals surface area (Å²) in [6.07, 6.45) is 0. The Balaban J connectivity index is 1.81. The number of ether oxygens (including phenoxy) is 1. The molecule has 1 aromatic heterocycles. The fourth-order valence-electron chi connectivity index (χ4n) is 3.60.